The normalized spacial score (nSPS) is 10.7. The van der Waals surface area contributed by atoms with Gasteiger partial charge in [-0.05, 0) is 32.9 Å². The number of rotatable bonds is 8. The fourth-order valence-corrected chi connectivity index (χ4v) is 1.96. The molecular weight excluding hydrogens is 222 g/mol. The molecule has 0 aliphatic carbocycles. The molecule has 1 aromatic rings. The lowest BCUT2D eigenvalue weighted by atomic mass is 10.1. The van der Waals surface area contributed by atoms with E-state index in [-0.39, 0.29) is 0 Å². The van der Waals surface area contributed by atoms with Crippen LogP contribution < -0.4 is 10.2 Å². The molecule has 18 heavy (non-hydrogen) atoms. The van der Waals surface area contributed by atoms with Crippen LogP contribution in [0.25, 0.3) is 0 Å². The van der Waals surface area contributed by atoms with Gasteiger partial charge in [-0.15, -0.1) is 6.58 Å². The lowest BCUT2D eigenvalue weighted by molar-refractivity contribution is 0.663. The highest BCUT2D eigenvalue weighted by Crippen LogP contribution is 2.21. The Morgan fingerprint density at radius 2 is 2.28 bits per heavy atom. The van der Waals surface area contributed by atoms with Crippen molar-refractivity contribution in [1.29, 1.82) is 0 Å². The van der Waals surface area contributed by atoms with E-state index in [1.54, 1.807) is 0 Å². The average molecular weight is 247 g/mol. The van der Waals surface area contributed by atoms with Crippen molar-refractivity contribution in [2.75, 3.05) is 18.0 Å². The molecule has 1 aromatic heterocycles. The zero-order valence-electron chi connectivity index (χ0n) is 11.8. The summed E-state index contributed by atoms with van der Waals surface area (Å²) in [5, 5.41) is 3.44. The second-order valence-electron chi connectivity index (χ2n) is 4.72. The van der Waals surface area contributed by atoms with Crippen molar-refractivity contribution in [3.8, 4) is 0 Å². The molecule has 100 valence electrons. The molecule has 0 aromatic carbocycles. The van der Waals surface area contributed by atoms with Crippen molar-refractivity contribution in [3.05, 3.63) is 36.7 Å². The molecule has 0 atom stereocenters. The van der Waals surface area contributed by atoms with Gasteiger partial charge in [-0.25, -0.2) is 0 Å². The molecule has 0 unspecified atom stereocenters. The Kier molecular flexibility index (Phi) is 6.44. The van der Waals surface area contributed by atoms with Crippen LogP contribution in [0.5, 0.6) is 0 Å². The van der Waals surface area contributed by atoms with Crippen LogP contribution in [0.3, 0.4) is 0 Å². The minimum Gasteiger partial charge on any atom is -0.365 e. The maximum atomic E-state index is 4.23. The van der Waals surface area contributed by atoms with Crippen LogP contribution in [-0.2, 0) is 6.54 Å². The van der Waals surface area contributed by atoms with E-state index in [1.165, 1.54) is 11.3 Å². The molecule has 0 radical (unpaired) electrons. The van der Waals surface area contributed by atoms with Gasteiger partial charge in [0.2, 0.25) is 0 Å². The lowest BCUT2D eigenvalue weighted by Gasteiger charge is -2.29. The van der Waals surface area contributed by atoms with Crippen LogP contribution in [0, 0.1) is 0 Å². The average Bonchev–Trinajstić information content (AvgIpc) is 2.37. The molecular formula is C15H25N3. The van der Waals surface area contributed by atoms with Gasteiger partial charge in [0.05, 0.1) is 0 Å². The van der Waals surface area contributed by atoms with Crippen molar-refractivity contribution in [3.63, 3.8) is 0 Å². The second kappa shape index (κ2) is 7.88. The Morgan fingerprint density at radius 3 is 2.89 bits per heavy atom. The molecule has 0 saturated heterocycles. The van der Waals surface area contributed by atoms with E-state index in [0.29, 0.717) is 6.04 Å². The van der Waals surface area contributed by atoms with Gasteiger partial charge < -0.3 is 10.2 Å². The minimum absolute atomic E-state index is 0.454. The molecule has 3 heteroatoms. The van der Waals surface area contributed by atoms with Crippen molar-refractivity contribution in [1.82, 2.24) is 10.3 Å². The van der Waals surface area contributed by atoms with Crippen molar-refractivity contribution in [2.24, 2.45) is 0 Å². The Morgan fingerprint density at radius 1 is 1.50 bits per heavy atom. The number of pyridine rings is 1. The van der Waals surface area contributed by atoms with Gasteiger partial charge >= 0.3 is 0 Å². The summed E-state index contributed by atoms with van der Waals surface area (Å²) in [5.74, 6) is 0. The summed E-state index contributed by atoms with van der Waals surface area (Å²) >= 11 is 0. The first-order valence-electron chi connectivity index (χ1n) is 6.71. The summed E-state index contributed by atoms with van der Waals surface area (Å²) in [6, 6.07) is 2.54. The van der Waals surface area contributed by atoms with E-state index in [1.807, 2.05) is 18.5 Å². The van der Waals surface area contributed by atoms with Gasteiger partial charge in [0.15, 0.2) is 0 Å². The zero-order valence-corrected chi connectivity index (χ0v) is 11.8. The summed E-state index contributed by atoms with van der Waals surface area (Å²) in [7, 11) is 0. The third-order valence-electron chi connectivity index (χ3n) is 2.88. The highest BCUT2D eigenvalue weighted by atomic mass is 15.2. The van der Waals surface area contributed by atoms with Crippen LogP contribution in [0.1, 0.15) is 32.8 Å². The van der Waals surface area contributed by atoms with Crippen molar-refractivity contribution < 1.29 is 0 Å². The molecule has 0 amide bonds. The largest absolute Gasteiger partial charge is 0.365 e. The summed E-state index contributed by atoms with van der Waals surface area (Å²) < 4.78 is 0. The third kappa shape index (κ3) is 4.15. The number of aromatic nitrogens is 1. The Labute approximate surface area is 111 Å². The summed E-state index contributed by atoms with van der Waals surface area (Å²) in [5.41, 5.74) is 2.50. The monoisotopic (exact) mass is 247 g/mol. The van der Waals surface area contributed by atoms with Gasteiger partial charge in [0.1, 0.15) is 0 Å². The molecule has 3 nitrogen and oxygen atoms in total. The molecule has 0 spiro atoms. The van der Waals surface area contributed by atoms with E-state index >= 15 is 0 Å². The highest BCUT2D eigenvalue weighted by molar-refractivity contribution is 5.53. The summed E-state index contributed by atoms with van der Waals surface area (Å²) in [4.78, 5) is 6.58. The van der Waals surface area contributed by atoms with Gasteiger partial charge in [0, 0.05) is 42.8 Å². The SMILES string of the molecule is C=CCN(c1ccncc1CNCCC)C(C)C. The Balaban J connectivity index is 2.87. The van der Waals surface area contributed by atoms with Gasteiger partial charge in [-0.2, -0.15) is 0 Å². The molecule has 0 bridgehead atoms. The summed E-state index contributed by atoms with van der Waals surface area (Å²) in [6.45, 7) is 13.2. The van der Waals surface area contributed by atoms with Crippen LogP contribution in [-0.4, -0.2) is 24.1 Å². The Bertz CT molecular complexity index is 361. The standard InChI is InChI=1S/C15H25N3/c1-5-8-16-11-14-12-17-9-7-15(14)18(10-6-2)13(3)4/h6-7,9,12-13,16H,2,5,8,10-11H2,1,3-4H3. The Hall–Kier alpha value is -1.35. The van der Waals surface area contributed by atoms with Crippen LogP contribution >= 0.6 is 0 Å². The van der Waals surface area contributed by atoms with E-state index in [0.717, 1.165) is 26.1 Å². The molecule has 1 N–H and O–H groups in total. The maximum Gasteiger partial charge on any atom is 0.0447 e. The molecule has 0 aliphatic rings. The number of nitrogens with zero attached hydrogens (tertiary/aromatic N) is 2. The zero-order chi connectivity index (χ0) is 13.4. The topological polar surface area (TPSA) is 28.2 Å². The van der Waals surface area contributed by atoms with Crippen molar-refractivity contribution in [2.45, 2.75) is 39.8 Å². The molecule has 1 heterocycles. The molecule has 0 saturated carbocycles. The van der Waals surface area contributed by atoms with Gasteiger partial charge in [-0.3, -0.25) is 4.98 Å². The van der Waals surface area contributed by atoms with E-state index in [4.69, 9.17) is 0 Å². The van der Waals surface area contributed by atoms with Crippen LogP contribution in [0.2, 0.25) is 0 Å². The summed E-state index contributed by atoms with van der Waals surface area (Å²) in [6.07, 6.45) is 6.91. The molecule has 0 fully saturated rings. The maximum absolute atomic E-state index is 4.23. The first-order chi connectivity index (χ1) is 8.70. The van der Waals surface area contributed by atoms with Gasteiger partial charge in [0.25, 0.3) is 0 Å². The highest BCUT2D eigenvalue weighted by Gasteiger charge is 2.12. The van der Waals surface area contributed by atoms with Gasteiger partial charge in [-0.1, -0.05) is 13.0 Å². The second-order valence-corrected chi connectivity index (χ2v) is 4.72. The van der Waals surface area contributed by atoms with E-state index in [9.17, 15) is 0 Å². The smallest absolute Gasteiger partial charge is 0.0447 e. The lowest BCUT2D eigenvalue weighted by Crippen LogP contribution is -2.32. The van der Waals surface area contributed by atoms with Crippen LogP contribution in [0.15, 0.2) is 31.1 Å². The number of nitrogens with one attached hydrogen (secondary N) is 1. The molecule has 1 rings (SSSR count). The third-order valence-corrected chi connectivity index (χ3v) is 2.88. The first kappa shape index (κ1) is 14.7. The fraction of sp³-hybridized carbons (Fsp3) is 0.533. The molecule has 0 aliphatic heterocycles. The van der Waals surface area contributed by atoms with Crippen molar-refractivity contribution >= 4 is 5.69 Å². The number of hydrogen-bond donors (Lipinski definition) is 1. The predicted molar refractivity (Wildman–Crippen MR) is 78.9 cm³/mol. The van der Waals surface area contributed by atoms with E-state index < -0.39 is 0 Å². The minimum atomic E-state index is 0.454. The van der Waals surface area contributed by atoms with E-state index in [2.05, 4.69) is 48.6 Å². The first-order valence-corrected chi connectivity index (χ1v) is 6.71. The number of anilines is 1. The number of hydrogen-bond acceptors (Lipinski definition) is 3. The van der Waals surface area contributed by atoms with Crippen LogP contribution in [0.4, 0.5) is 5.69 Å². The predicted octanol–water partition coefficient (Wildman–Crippen LogP) is 2.98. The quantitative estimate of drug-likeness (QED) is 0.565. The fourth-order valence-electron chi connectivity index (χ4n) is 1.96.